The van der Waals surface area contributed by atoms with E-state index in [0.717, 1.165) is 38.1 Å². The van der Waals surface area contributed by atoms with E-state index in [-0.39, 0.29) is 12.4 Å². The fraction of sp³-hybridized carbons (Fsp3) is 0.933. The lowest BCUT2D eigenvalue weighted by atomic mass is 9.86. The number of carbonyl (C=O) groups is 1. The predicted octanol–water partition coefficient (Wildman–Crippen LogP) is 3.11. The zero-order valence-corrected chi connectivity index (χ0v) is 12.8. The molecule has 4 heteroatoms. The molecule has 3 nitrogen and oxygen atoms in total. The SMILES string of the molecule is Cl.NCC1CCCCN1C(=O)CCC1CCCCC1. The van der Waals surface area contributed by atoms with Crippen LogP contribution in [-0.2, 0) is 4.79 Å². The van der Waals surface area contributed by atoms with E-state index in [4.69, 9.17) is 5.73 Å². The summed E-state index contributed by atoms with van der Waals surface area (Å²) < 4.78 is 0. The molecule has 0 aromatic carbocycles. The minimum absolute atomic E-state index is 0. The zero-order valence-electron chi connectivity index (χ0n) is 12.0. The van der Waals surface area contributed by atoms with E-state index < -0.39 is 0 Å². The molecule has 1 amide bonds. The molecule has 1 aliphatic heterocycles. The van der Waals surface area contributed by atoms with Crippen molar-refractivity contribution in [2.24, 2.45) is 11.7 Å². The van der Waals surface area contributed by atoms with Crippen LogP contribution in [0.1, 0.15) is 64.2 Å². The van der Waals surface area contributed by atoms with Crippen molar-refractivity contribution in [2.45, 2.75) is 70.3 Å². The van der Waals surface area contributed by atoms with E-state index in [2.05, 4.69) is 4.90 Å². The summed E-state index contributed by atoms with van der Waals surface area (Å²) in [6, 6.07) is 0.317. The minimum atomic E-state index is 0. The molecule has 2 rings (SSSR count). The van der Waals surface area contributed by atoms with E-state index in [1.54, 1.807) is 0 Å². The van der Waals surface area contributed by atoms with Gasteiger partial charge in [-0.3, -0.25) is 4.79 Å². The number of piperidine rings is 1. The molecule has 19 heavy (non-hydrogen) atoms. The van der Waals surface area contributed by atoms with Gasteiger partial charge < -0.3 is 10.6 Å². The van der Waals surface area contributed by atoms with Crippen molar-refractivity contribution < 1.29 is 4.79 Å². The summed E-state index contributed by atoms with van der Waals surface area (Å²) in [7, 11) is 0. The standard InChI is InChI=1S/C15H28N2O.ClH/c16-12-14-8-4-5-11-17(14)15(18)10-9-13-6-2-1-3-7-13;/h13-14H,1-12,16H2;1H. The van der Waals surface area contributed by atoms with Crippen molar-refractivity contribution in [3.8, 4) is 0 Å². The molecule has 2 N–H and O–H groups in total. The van der Waals surface area contributed by atoms with Crippen molar-refractivity contribution in [2.75, 3.05) is 13.1 Å². The van der Waals surface area contributed by atoms with Gasteiger partial charge >= 0.3 is 0 Å². The maximum absolute atomic E-state index is 12.3. The van der Waals surface area contributed by atoms with Crippen molar-refractivity contribution in [1.29, 1.82) is 0 Å². The normalized spacial score (nSPS) is 24.9. The molecule has 0 spiro atoms. The van der Waals surface area contributed by atoms with E-state index in [0.29, 0.717) is 18.5 Å². The number of halogens is 1. The molecule has 0 aromatic rings. The average Bonchev–Trinajstić information content (AvgIpc) is 2.45. The van der Waals surface area contributed by atoms with Crippen molar-refractivity contribution in [1.82, 2.24) is 4.90 Å². The quantitative estimate of drug-likeness (QED) is 0.864. The van der Waals surface area contributed by atoms with Gasteiger partial charge in [0.1, 0.15) is 0 Å². The third kappa shape index (κ3) is 4.96. The van der Waals surface area contributed by atoms with Crippen LogP contribution < -0.4 is 5.73 Å². The molecule has 2 aliphatic rings. The van der Waals surface area contributed by atoms with Gasteiger partial charge in [0.2, 0.25) is 5.91 Å². The fourth-order valence-electron chi connectivity index (χ4n) is 3.52. The van der Waals surface area contributed by atoms with Crippen LogP contribution in [0, 0.1) is 5.92 Å². The highest BCUT2D eigenvalue weighted by atomic mass is 35.5. The minimum Gasteiger partial charge on any atom is -0.338 e. The van der Waals surface area contributed by atoms with E-state index in [9.17, 15) is 4.79 Å². The topological polar surface area (TPSA) is 46.3 Å². The summed E-state index contributed by atoms with van der Waals surface area (Å²) >= 11 is 0. The summed E-state index contributed by atoms with van der Waals surface area (Å²) in [5, 5.41) is 0. The van der Waals surface area contributed by atoms with Gasteiger partial charge in [-0.05, 0) is 31.6 Å². The third-order valence-corrected chi connectivity index (χ3v) is 4.71. The molecule has 1 unspecified atom stereocenters. The van der Waals surface area contributed by atoms with E-state index >= 15 is 0 Å². The number of hydrogen-bond donors (Lipinski definition) is 1. The summed E-state index contributed by atoms with van der Waals surface area (Å²) in [4.78, 5) is 14.3. The average molecular weight is 289 g/mol. The maximum Gasteiger partial charge on any atom is 0.222 e. The Kier molecular flexibility index (Phi) is 7.77. The summed E-state index contributed by atoms with van der Waals surface area (Å²) in [5.41, 5.74) is 5.78. The highest BCUT2D eigenvalue weighted by molar-refractivity contribution is 5.85. The maximum atomic E-state index is 12.3. The Hall–Kier alpha value is -0.280. The number of hydrogen-bond acceptors (Lipinski definition) is 2. The molecule has 1 heterocycles. The Morgan fingerprint density at radius 1 is 1.05 bits per heavy atom. The van der Waals surface area contributed by atoms with Gasteiger partial charge in [-0.15, -0.1) is 12.4 Å². The first-order valence-corrected chi connectivity index (χ1v) is 7.81. The lowest BCUT2D eigenvalue weighted by molar-refractivity contribution is -0.135. The highest BCUT2D eigenvalue weighted by Gasteiger charge is 2.25. The number of nitrogens with two attached hydrogens (primary N) is 1. The molecule has 0 radical (unpaired) electrons. The van der Waals surface area contributed by atoms with Crippen LogP contribution in [0.25, 0.3) is 0 Å². The second-order valence-corrected chi connectivity index (χ2v) is 6.02. The van der Waals surface area contributed by atoms with Gasteiger partial charge in [0.25, 0.3) is 0 Å². The Balaban J connectivity index is 0.00000180. The highest BCUT2D eigenvalue weighted by Crippen LogP contribution is 2.28. The molecular weight excluding hydrogens is 260 g/mol. The first kappa shape index (κ1) is 16.8. The van der Waals surface area contributed by atoms with Crippen LogP contribution in [-0.4, -0.2) is 29.9 Å². The van der Waals surface area contributed by atoms with Crippen molar-refractivity contribution in [3.05, 3.63) is 0 Å². The van der Waals surface area contributed by atoms with Crippen LogP contribution in [0.5, 0.6) is 0 Å². The molecular formula is C15H29ClN2O. The Morgan fingerprint density at radius 3 is 2.42 bits per heavy atom. The van der Waals surface area contributed by atoms with E-state index in [1.165, 1.54) is 38.5 Å². The number of likely N-dealkylation sites (tertiary alicyclic amines) is 1. The van der Waals surface area contributed by atoms with Gasteiger partial charge in [-0.25, -0.2) is 0 Å². The Labute approximate surface area is 123 Å². The number of amides is 1. The lowest BCUT2D eigenvalue weighted by Gasteiger charge is -2.35. The molecule has 0 bridgehead atoms. The van der Waals surface area contributed by atoms with Gasteiger partial charge in [0.15, 0.2) is 0 Å². The molecule has 2 fully saturated rings. The first-order chi connectivity index (χ1) is 8.81. The predicted molar refractivity (Wildman–Crippen MR) is 81.5 cm³/mol. The zero-order chi connectivity index (χ0) is 12.8. The van der Waals surface area contributed by atoms with Crippen molar-refractivity contribution >= 4 is 18.3 Å². The molecule has 1 aliphatic carbocycles. The summed E-state index contributed by atoms with van der Waals surface area (Å²) in [5.74, 6) is 1.17. The summed E-state index contributed by atoms with van der Waals surface area (Å²) in [6.45, 7) is 1.57. The molecule has 0 aromatic heterocycles. The van der Waals surface area contributed by atoms with Gasteiger partial charge in [0, 0.05) is 25.6 Å². The molecule has 1 saturated heterocycles. The molecule has 1 atom stereocenters. The second-order valence-electron chi connectivity index (χ2n) is 6.02. The summed E-state index contributed by atoms with van der Waals surface area (Å²) in [6.07, 6.45) is 12.2. The van der Waals surface area contributed by atoms with Gasteiger partial charge in [-0.2, -0.15) is 0 Å². The van der Waals surface area contributed by atoms with Gasteiger partial charge in [0.05, 0.1) is 0 Å². The fourth-order valence-corrected chi connectivity index (χ4v) is 3.52. The molecule has 112 valence electrons. The van der Waals surface area contributed by atoms with E-state index in [1.807, 2.05) is 0 Å². The monoisotopic (exact) mass is 288 g/mol. The van der Waals surface area contributed by atoms with Crippen molar-refractivity contribution in [3.63, 3.8) is 0 Å². The van der Waals surface area contributed by atoms with Crippen LogP contribution in [0.2, 0.25) is 0 Å². The largest absolute Gasteiger partial charge is 0.338 e. The van der Waals surface area contributed by atoms with Crippen LogP contribution in [0.3, 0.4) is 0 Å². The Morgan fingerprint density at radius 2 is 1.74 bits per heavy atom. The van der Waals surface area contributed by atoms with Crippen LogP contribution >= 0.6 is 12.4 Å². The smallest absolute Gasteiger partial charge is 0.222 e. The van der Waals surface area contributed by atoms with Crippen LogP contribution in [0.15, 0.2) is 0 Å². The third-order valence-electron chi connectivity index (χ3n) is 4.71. The van der Waals surface area contributed by atoms with Crippen LogP contribution in [0.4, 0.5) is 0 Å². The number of rotatable bonds is 4. The van der Waals surface area contributed by atoms with Gasteiger partial charge in [-0.1, -0.05) is 32.1 Å². The number of carbonyl (C=O) groups excluding carboxylic acids is 1. The second kappa shape index (κ2) is 8.80. The first-order valence-electron chi connectivity index (χ1n) is 7.81. The lowest BCUT2D eigenvalue weighted by Crippen LogP contribution is -2.47. The molecule has 1 saturated carbocycles. The number of nitrogens with zero attached hydrogens (tertiary/aromatic N) is 1. The Bertz CT molecular complexity index is 267.